The van der Waals surface area contributed by atoms with Gasteiger partial charge in [-0.1, -0.05) is 17.7 Å². The Bertz CT molecular complexity index is 1460. The lowest BCUT2D eigenvalue weighted by Crippen LogP contribution is -2.59. The second-order valence-electron chi connectivity index (χ2n) is 10.5. The molecule has 9 nitrogen and oxygen atoms in total. The number of hydrogen-bond acceptors (Lipinski definition) is 7. The standard InChI is InChI=1S/C25H30F3N5O4S/c1-15-7-9-18(10-8-15)38(35,36)33-13-19(25(26,27)28)20-21(29-14-30-22(20)33)31-11-17(3)32(12-16(31)2)23(34)37-24(4,5)6/h7-10,13-14,16-17H,11-12H2,1-6H3/t16?,17-/m1/s1. The summed E-state index contributed by atoms with van der Waals surface area (Å²) in [5.41, 5.74) is -1.44. The first-order chi connectivity index (χ1) is 17.5. The number of hydrogen-bond donors (Lipinski definition) is 0. The molecular weight excluding hydrogens is 523 g/mol. The molecule has 2 aromatic heterocycles. The van der Waals surface area contributed by atoms with E-state index in [1.165, 1.54) is 17.0 Å². The Morgan fingerprint density at radius 1 is 1.03 bits per heavy atom. The lowest BCUT2D eigenvalue weighted by Gasteiger charge is -2.44. The van der Waals surface area contributed by atoms with Crippen LogP contribution >= 0.6 is 0 Å². The van der Waals surface area contributed by atoms with Crippen molar-refractivity contribution in [3.63, 3.8) is 0 Å². The van der Waals surface area contributed by atoms with Crippen molar-refractivity contribution >= 4 is 33.0 Å². The van der Waals surface area contributed by atoms with Crippen LogP contribution in [0.25, 0.3) is 11.0 Å². The number of benzene rings is 1. The molecule has 38 heavy (non-hydrogen) atoms. The average Bonchev–Trinajstić information content (AvgIpc) is 3.21. The van der Waals surface area contributed by atoms with Gasteiger partial charge in [0.1, 0.15) is 17.7 Å². The first-order valence-corrected chi connectivity index (χ1v) is 13.5. The molecule has 0 spiro atoms. The van der Waals surface area contributed by atoms with Gasteiger partial charge in [-0.25, -0.2) is 27.2 Å². The predicted octanol–water partition coefficient (Wildman–Crippen LogP) is 4.83. The van der Waals surface area contributed by atoms with Gasteiger partial charge in [0.05, 0.1) is 15.8 Å². The number of alkyl halides is 3. The highest BCUT2D eigenvalue weighted by Gasteiger charge is 2.41. The number of piperazine rings is 1. The summed E-state index contributed by atoms with van der Waals surface area (Å²) in [6.07, 6.45) is -3.78. The lowest BCUT2D eigenvalue weighted by molar-refractivity contribution is -0.136. The maximum atomic E-state index is 14.3. The number of carbonyl (C=O) groups is 1. The first-order valence-electron chi connectivity index (χ1n) is 12.0. The highest BCUT2D eigenvalue weighted by molar-refractivity contribution is 7.90. The number of fused-ring (bicyclic) bond motifs is 1. The monoisotopic (exact) mass is 553 g/mol. The molecule has 3 heterocycles. The summed E-state index contributed by atoms with van der Waals surface area (Å²) in [6.45, 7) is 10.9. The van der Waals surface area contributed by atoms with Crippen LogP contribution in [0.2, 0.25) is 0 Å². The van der Waals surface area contributed by atoms with E-state index < -0.39 is 50.9 Å². The first kappa shape index (κ1) is 27.7. The maximum absolute atomic E-state index is 14.3. The topological polar surface area (TPSA) is 97.6 Å². The summed E-state index contributed by atoms with van der Waals surface area (Å²) in [6, 6.07) is 4.94. The maximum Gasteiger partial charge on any atom is 0.418 e. The van der Waals surface area contributed by atoms with Gasteiger partial charge in [0.25, 0.3) is 10.0 Å². The Morgan fingerprint density at radius 3 is 2.24 bits per heavy atom. The lowest BCUT2D eigenvalue weighted by atomic mass is 10.1. The van der Waals surface area contributed by atoms with Crippen molar-refractivity contribution in [1.82, 2.24) is 18.8 Å². The molecule has 13 heteroatoms. The van der Waals surface area contributed by atoms with Crippen molar-refractivity contribution in [2.45, 2.75) is 70.3 Å². The van der Waals surface area contributed by atoms with Gasteiger partial charge in [-0.2, -0.15) is 13.2 Å². The molecule has 0 N–H and O–H groups in total. The summed E-state index contributed by atoms with van der Waals surface area (Å²) in [5.74, 6) is -0.0524. The van der Waals surface area contributed by atoms with Gasteiger partial charge in [-0.15, -0.1) is 0 Å². The molecule has 206 valence electrons. The Labute approximate surface area is 219 Å². The van der Waals surface area contributed by atoms with Crippen LogP contribution in [0, 0.1) is 6.92 Å². The largest absolute Gasteiger partial charge is 0.444 e. The van der Waals surface area contributed by atoms with Crippen molar-refractivity contribution in [3.8, 4) is 0 Å². The normalized spacial score (nSPS) is 19.2. The van der Waals surface area contributed by atoms with E-state index in [4.69, 9.17) is 4.74 Å². The fraction of sp³-hybridized carbons (Fsp3) is 0.480. The Morgan fingerprint density at radius 2 is 1.66 bits per heavy atom. The molecule has 1 aliphatic rings. The zero-order chi connectivity index (χ0) is 28.2. The molecule has 1 unspecified atom stereocenters. The second kappa shape index (κ2) is 9.44. The van der Waals surface area contributed by atoms with Gasteiger partial charge < -0.3 is 14.5 Å². The molecular formula is C25H30F3N5O4S. The Balaban J connectivity index is 1.82. The van der Waals surface area contributed by atoms with Crippen LogP contribution in [-0.4, -0.2) is 64.1 Å². The van der Waals surface area contributed by atoms with Gasteiger partial charge in [0, 0.05) is 31.4 Å². The van der Waals surface area contributed by atoms with E-state index in [0.29, 0.717) is 10.2 Å². The SMILES string of the molecule is Cc1ccc(S(=O)(=O)n2cc(C(F)(F)F)c3c(N4C[C@@H](C)N(C(=O)OC(C)(C)C)CC4C)ncnc32)cc1. The average molecular weight is 554 g/mol. The number of anilines is 1. The summed E-state index contributed by atoms with van der Waals surface area (Å²) in [7, 11) is -4.39. The summed E-state index contributed by atoms with van der Waals surface area (Å²) < 4.78 is 75.7. The third-order valence-electron chi connectivity index (χ3n) is 6.30. The van der Waals surface area contributed by atoms with E-state index in [9.17, 15) is 26.4 Å². The highest BCUT2D eigenvalue weighted by atomic mass is 32.2. The quantitative estimate of drug-likeness (QED) is 0.458. The number of carbonyl (C=O) groups excluding carboxylic acids is 1. The van der Waals surface area contributed by atoms with Crippen molar-refractivity contribution in [2.75, 3.05) is 18.0 Å². The van der Waals surface area contributed by atoms with Crippen LogP contribution in [0.4, 0.5) is 23.8 Å². The molecule has 0 radical (unpaired) electrons. The molecule has 1 saturated heterocycles. The zero-order valence-electron chi connectivity index (χ0n) is 21.9. The van der Waals surface area contributed by atoms with Gasteiger partial charge in [-0.05, 0) is 53.7 Å². The molecule has 3 aromatic rings. The molecule has 0 bridgehead atoms. The molecule has 2 atom stereocenters. The van der Waals surface area contributed by atoms with E-state index in [0.717, 1.165) is 11.9 Å². The van der Waals surface area contributed by atoms with Crippen molar-refractivity contribution in [3.05, 3.63) is 47.9 Å². The second-order valence-corrected chi connectivity index (χ2v) is 12.3. The van der Waals surface area contributed by atoms with Gasteiger partial charge in [-0.3, -0.25) is 0 Å². The molecule has 1 aliphatic heterocycles. The number of rotatable bonds is 3. The minimum absolute atomic E-state index is 0.0524. The van der Waals surface area contributed by atoms with Gasteiger partial charge >= 0.3 is 12.3 Å². The van der Waals surface area contributed by atoms with E-state index >= 15 is 0 Å². The number of nitrogens with zero attached hydrogens (tertiary/aromatic N) is 5. The number of ether oxygens (including phenoxy) is 1. The smallest absolute Gasteiger partial charge is 0.418 e. The van der Waals surface area contributed by atoms with Crippen molar-refractivity contribution in [1.29, 1.82) is 0 Å². The molecule has 1 aromatic carbocycles. The van der Waals surface area contributed by atoms with Crippen molar-refractivity contribution < 1.29 is 31.1 Å². The number of aryl methyl sites for hydroxylation is 1. The molecule has 0 aliphatic carbocycles. The Hall–Kier alpha value is -3.35. The van der Waals surface area contributed by atoms with Gasteiger partial charge in [0.2, 0.25) is 0 Å². The molecule has 0 saturated carbocycles. The van der Waals surface area contributed by atoms with Crippen molar-refractivity contribution in [2.24, 2.45) is 0 Å². The van der Waals surface area contributed by atoms with E-state index in [1.54, 1.807) is 58.6 Å². The number of aromatic nitrogens is 3. The molecule has 1 fully saturated rings. The van der Waals surface area contributed by atoms with Crippen LogP contribution in [0.15, 0.2) is 41.7 Å². The zero-order valence-corrected chi connectivity index (χ0v) is 22.8. The highest BCUT2D eigenvalue weighted by Crippen LogP contribution is 2.41. The van der Waals surface area contributed by atoms with Crippen LogP contribution in [-0.2, 0) is 20.9 Å². The van der Waals surface area contributed by atoms with Crippen LogP contribution in [0.5, 0.6) is 0 Å². The summed E-state index contributed by atoms with van der Waals surface area (Å²) >= 11 is 0. The van der Waals surface area contributed by atoms with E-state index in [2.05, 4.69) is 9.97 Å². The number of amides is 1. The van der Waals surface area contributed by atoms with E-state index in [1.807, 2.05) is 0 Å². The minimum atomic E-state index is -4.88. The van der Waals surface area contributed by atoms with E-state index in [-0.39, 0.29) is 29.5 Å². The van der Waals surface area contributed by atoms with Gasteiger partial charge in [0.15, 0.2) is 5.65 Å². The predicted molar refractivity (Wildman–Crippen MR) is 136 cm³/mol. The van der Waals surface area contributed by atoms with Crippen LogP contribution < -0.4 is 4.90 Å². The van der Waals surface area contributed by atoms with Crippen LogP contribution in [0.1, 0.15) is 45.7 Å². The fourth-order valence-electron chi connectivity index (χ4n) is 4.45. The third kappa shape index (κ3) is 5.16. The third-order valence-corrected chi connectivity index (χ3v) is 7.97. The van der Waals surface area contributed by atoms with Crippen LogP contribution in [0.3, 0.4) is 0 Å². The molecule has 4 rings (SSSR count). The molecule has 1 amide bonds. The Kier molecular flexibility index (Phi) is 6.87. The summed E-state index contributed by atoms with van der Waals surface area (Å²) in [4.78, 5) is 23.9. The summed E-state index contributed by atoms with van der Waals surface area (Å²) in [5, 5.41) is -0.416. The fourth-order valence-corrected chi connectivity index (χ4v) is 5.77. The number of halogens is 3. The minimum Gasteiger partial charge on any atom is -0.444 e.